The van der Waals surface area contributed by atoms with Crippen LogP contribution in [-0.4, -0.2) is 7.11 Å². The van der Waals surface area contributed by atoms with Gasteiger partial charge in [0.1, 0.15) is 5.75 Å². The van der Waals surface area contributed by atoms with Gasteiger partial charge in [-0.25, -0.2) is 0 Å². The molecule has 0 aromatic heterocycles. The van der Waals surface area contributed by atoms with E-state index < -0.39 is 0 Å². The molecule has 0 fully saturated rings. The van der Waals surface area contributed by atoms with Crippen LogP contribution >= 0.6 is 0 Å². The number of ether oxygens (including phenoxy) is 1. The van der Waals surface area contributed by atoms with E-state index in [1.165, 1.54) is 0 Å². The Morgan fingerprint density at radius 2 is 1.67 bits per heavy atom. The first kappa shape index (κ1) is 12.0. The van der Waals surface area contributed by atoms with Gasteiger partial charge in [-0.3, -0.25) is 0 Å². The zero-order valence-corrected chi connectivity index (χ0v) is 10.3. The van der Waals surface area contributed by atoms with Crippen LogP contribution in [0.1, 0.15) is 11.1 Å². The summed E-state index contributed by atoms with van der Waals surface area (Å²) in [5.74, 6) is 6.96. The van der Waals surface area contributed by atoms with Crippen LogP contribution in [-0.2, 0) is 0 Å². The maximum atomic E-state index is 5.10. The Bertz CT molecular complexity index is 569. The van der Waals surface area contributed by atoms with Gasteiger partial charge in [-0.05, 0) is 42.0 Å². The van der Waals surface area contributed by atoms with Crippen molar-refractivity contribution >= 4 is 6.08 Å². The van der Waals surface area contributed by atoms with Crippen molar-refractivity contribution in [2.45, 2.75) is 0 Å². The van der Waals surface area contributed by atoms with Crippen LogP contribution in [0.3, 0.4) is 0 Å². The number of benzene rings is 2. The number of methoxy groups -OCH3 is 1. The molecule has 0 radical (unpaired) electrons. The van der Waals surface area contributed by atoms with Crippen LogP contribution in [0.15, 0.2) is 60.7 Å². The predicted molar refractivity (Wildman–Crippen MR) is 75.3 cm³/mol. The first-order valence-electron chi connectivity index (χ1n) is 5.76. The molecule has 0 aliphatic heterocycles. The van der Waals surface area contributed by atoms with Crippen molar-refractivity contribution in [3.63, 3.8) is 0 Å². The number of hydrogen-bond donors (Lipinski definition) is 0. The molecule has 0 saturated heterocycles. The van der Waals surface area contributed by atoms with Crippen LogP contribution in [0.4, 0.5) is 0 Å². The van der Waals surface area contributed by atoms with Gasteiger partial charge in [-0.2, -0.15) is 0 Å². The molecule has 0 aliphatic rings. The van der Waals surface area contributed by atoms with E-state index in [-0.39, 0.29) is 0 Å². The predicted octanol–water partition coefficient (Wildman–Crippen LogP) is 3.76. The Balaban J connectivity index is 2.01. The van der Waals surface area contributed by atoms with Crippen molar-refractivity contribution in [3.05, 3.63) is 71.8 Å². The number of hydrogen-bond acceptors (Lipinski definition) is 1. The average molecular weight is 234 g/mol. The highest BCUT2D eigenvalue weighted by Crippen LogP contribution is 2.11. The maximum absolute atomic E-state index is 5.10. The SMILES string of the molecule is COc1ccc(/C=C\C#Cc2ccccc2)cc1. The van der Waals surface area contributed by atoms with Crippen molar-refractivity contribution in [3.8, 4) is 17.6 Å². The number of allylic oxidation sites excluding steroid dienone is 1. The topological polar surface area (TPSA) is 9.23 Å². The molecule has 0 unspecified atom stereocenters. The lowest BCUT2D eigenvalue weighted by Crippen LogP contribution is -1.81. The van der Waals surface area contributed by atoms with Crippen LogP contribution < -0.4 is 4.74 Å². The standard InChI is InChI=1S/C17H14O/c1-18-17-13-11-16(12-14-17)10-6-5-9-15-7-3-2-4-8-15/h2-4,6-8,10-14H,1H3/b10-6-. The van der Waals surface area contributed by atoms with E-state index in [0.717, 1.165) is 16.9 Å². The summed E-state index contributed by atoms with van der Waals surface area (Å²) in [5.41, 5.74) is 2.13. The Labute approximate surface area is 108 Å². The van der Waals surface area contributed by atoms with Crippen molar-refractivity contribution in [2.24, 2.45) is 0 Å². The van der Waals surface area contributed by atoms with Gasteiger partial charge in [0, 0.05) is 5.56 Å². The highest BCUT2D eigenvalue weighted by Gasteiger charge is 1.88. The third-order valence-corrected chi connectivity index (χ3v) is 2.47. The van der Waals surface area contributed by atoms with Crippen molar-refractivity contribution in [2.75, 3.05) is 7.11 Å². The zero-order chi connectivity index (χ0) is 12.6. The van der Waals surface area contributed by atoms with Crippen LogP contribution in [0.25, 0.3) is 6.08 Å². The Kier molecular flexibility index (Phi) is 4.22. The zero-order valence-electron chi connectivity index (χ0n) is 10.3. The molecular weight excluding hydrogens is 220 g/mol. The summed E-state index contributed by atoms with van der Waals surface area (Å²) in [5, 5.41) is 0. The van der Waals surface area contributed by atoms with Gasteiger partial charge in [-0.1, -0.05) is 42.2 Å². The molecule has 1 nitrogen and oxygen atoms in total. The molecule has 0 atom stereocenters. The molecule has 18 heavy (non-hydrogen) atoms. The monoisotopic (exact) mass is 234 g/mol. The van der Waals surface area contributed by atoms with E-state index in [4.69, 9.17) is 4.74 Å². The van der Waals surface area contributed by atoms with Gasteiger partial charge < -0.3 is 4.74 Å². The van der Waals surface area contributed by atoms with Gasteiger partial charge >= 0.3 is 0 Å². The lowest BCUT2D eigenvalue weighted by Gasteiger charge is -1.98. The van der Waals surface area contributed by atoms with E-state index >= 15 is 0 Å². The first-order chi connectivity index (χ1) is 8.88. The van der Waals surface area contributed by atoms with Crippen molar-refractivity contribution < 1.29 is 4.74 Å². The van der Waals surface area contributed by atoms with E-state index in [1.54, 1.807) is 7.11 Å². The third kappa shape index (κ3) is 3.54. The molecule has 2 aromatic rings. The minimum atomic E-state index is 0.863. The number of rotatable bonds is 2. The fourth-order valence-electron chi connectivity index (χ4n) is 1.50. The fraction of sp³-hybridized carbons (Fsp3) is 0.0588. The Morgan fingerprint density at radius 1 is 0.944 bits per heavy atom. The van der Waals surface area contributed by atoms with Crippen molar-refractivity contribution in [1.82, 2.24) is 0 Å². The Morgan fingerprint density at radius 3 is 2.33 bits per heavy atom. The minimum absolute atomic E-state index is 0.863. The minimum Gasteiger partial charge on any atom is -0.497 e. The second kappa shape index (κ2) is 6.32. The third-order valence-electron chi connectivity index (χ3n) is 2.47. The molecule has 88 valence electrons. The van der Waals surface area contributed by atoms with E-state index in [2.05, 4.69) is 11.8 Å². The van der Waals surface area contributed by atoms with Crippen LogP contribution in [0, 0.1) is 11.8 Å². The molecule has 0 N–H and O–H groups in total. The molecule has 1 heteroatoms. The Hall–Kier alpha value is -2.46. The molecule has 0 saturated carbocycles. The smallest absolute Gasteiger partial charge is 0.118 e. The van der Waals surface area contributed by atoms with Crippen LogP contribution in [0.5, 0.6) is 5.75 Å². The molecular formula is C17H14O. The van der Waals surface area contributed by atoms with Gasteiger partial charge in [0.05, 0.1) is 7.11 Å². The molecule has 0 bridgehead atoms. The van der Waals surface area contributed by atoms with Crippen LogP contribution in [0.2, 0.25) is 0 Å². The average Bonchev–Trinajstić information content (AvgIpc) is 2.45. The summed E-state index contributed by atoms with van der Waals surface area (Å²) in [6.45, 7) is 0. The summed E-state index contributed by atoms with van der Waals surface area (Å²) in [4.78, 5) is 0. The second-order valence-electron chi connectivity index (χ2n) is 3.74. The normalized spacial score (nSPS) is 9.83. The van der Waals surface area contributed by atoms with Crippen molar-refractivity contribution in [1.29, 1.82) is 0 Å². The van der Waals surface area contributed by atoms with Gasteiger partial charge in [0.2, 0.25) is 0 Å². The second-order valence-corrected chi connectivity index (χ2v) is 3.74. The lowest BCUT2D eigenvalue weighted by molar-refractivity contribution is 0.415. The quantitative estimate of drug-likeness (QED) is 0.719. The highest BCUT2D eigenvalue weighted by molar-refractivity contribution is 5.54. The first-order valence-corrected chi connectivity index (χ1v) is 5.76. The molecule has 0 spiro atoms. The summed E-state index contributed by atoms with van der Waals surface area (Å²) >= 11 is 0. The van der Waals surface area contributed by atoms with E-state index in [9.17, 15) is 0 Å². The molecule has 2 rings (SSSR count). The van der Waals surface area contributed by atoms with E-state index in [1.807, 2.05) is 66.7 Å². The molecule has 0 aliphatic carbocycles. The van der Waals surface area contributed by atoms with Gasteiger partial charge in [-0.15, -0.1) is 0 Å². The summed E-state index contributed by atoms with van der Waals surface area (Å²) in [7, 11) is 1.66. The highest BCUT2D eigenvalue weighted by atomic mass is 16.5. The van der Waals surface area contributed by atoms with Gasteiger partial charge in [0.25, 0.3) is 0 Å². The molecule has 2 aromatic carbocycles. The molecule has 0 amide bonds. The largest absolute Gasteiger partial charge is 0.497 e. The summed E-state index contributed by atoms with van der Waals surface area (Å²) < 4.78 is 5.10. The summed E-state index contributed by atoms with van der Waals surface area (Å²) in [6, 6.07) is 17.8. The summed E-state index contributed by atoms with van der Waals surface area (Å²) in [6.07, 6.45) is 3.84. The fourth-order valence-corrected chi connectivity index (χ4v) is 1.50. The van der Waals surface area contributed by atoms with Gasteiger partial charge in [0.15, 0.2) is 0 Å². The lowest BCUT2D eigenvalue weighted by atomic mass is 10.2. The maximum Gasteiger partial charge on any atom is 0.118 e. The molecule has 0 heterocycles. The van der Waals surface area contributed by atoms with E-state index in [0.29, 0.717) is 0 Å².